The summed E-state index contributed by atoms with van der Waals surface area (Å²) in [4.78, 5) is 11.6. The molecule has 1 amide bonds. The van der Waals surface area contributed by atoms with Gasteiger partial charge in [0.25, 0.3) is 0 Å². The van der Waals surface area contributed by atoms with Gasteiger partial charge in [0.2, 0.25) is 5.91 Å². The van der Waals surface area contributed by atoms with Crippen LogP contribution in [-0.2, 0) is 4.79 Å². The Bertz CT molecular complexity index is 184. The van der Waals surface area contributed by atoms with Crippen molar-refractivity contribution in [3.05, 3.63) is 0 Å². The monoisotopic (exact) mass is 212 g/mol. The topological polar surface area (TPSA) is 55.1 Å². The Morgan fingerprint density at radius 3 is 2.67 bits per heavy atom. The first-order chi connectivity index (χ1) is 7.26. The van der Waals surface area contributed by atoms with E-state index in [0.717, 1.165) is 18.8 Å². The fourth-order valence-electron chi connectivity index (χ4n) is 2.26. The lowest BCUT2D eigenvalue weighted by Gasteiger charge is -2.15. The highest BCUT2D eigenvalue weighted by Gasteiger charge is 2.16. The SMILES string of the molecule is CCC(CN)NC(=O)CCC1CCCC1. The molecule has 1 aliphatic rings. The van der Waals surface area contributed by atoms with E-state index in [1.165, 1.54) is 25.7 Å². The van der Waals surface area contributed by atoms with Crippen molar-refractivity contribution in [2.75, 3.05) is 6.54 Å². The van der Waals surface area contributed by atoms with Gasteiger partial charge in [-0.1, -0.05) is 32.6 Å². The van der Waals surface area contributed by atoms with Gasteiger partial charge >= 0.3 is 0 Å². The van der Waals surface area contributed by atoms with Crippen molar-refractivity contribution in [2.45, 2.75) is 57.9 Å². The van der Waals surface area contributed by atoms with Crippen LogP contribution >= 0.6 is 0 Å². The summed E-state index contributed by atoms with van der Waals surface area (Å²) in [5.41, 5.74) is 5.54. The molecule has 1 fully saturated rings. The van der Waals surface area contributed by atoms with Crippen LogP contribution in [0.1, 0.15) is 51.9 Å². The van der Waals surface area contributed by atoms with Gasteiger partial charge in [-0.25, -0.2) is 0 Å². The van der Waals surface area contributed by atoms with E-state index in [4.69, 9.17) is 5.73 Å². The maximum atomic E-state index is 11.6. The average Bonchev–Trinajstić information content (AvgIpc) is 2.75. The molecule has 1 unspecified atom stereocenters. The molecule has 0 saturated heterocycles. The molecule has 0 aromatic rings. The van der Waals surface area contributed by atoms with Crippen LogP contribution in [-0.4, -0.2) is 18.5 Å². The van der Waals surface area contributed by atoms with Crippen molar-refractivity contribution in [1.82, 2.24) is 5.32 Å². The molecule has 0 spiro atoms. The molecule has 1 aliphatic carbocycles. The van der Waals surface area contributed by atoms with Crippen LogP contribution in [0.25, 0.3) is 0 Å². The van der Waals surface area contributed by atoms with Crippen LogP contribution < -0.4 is 11.1 Å². The van der Waals surface area contributed by atoms with Gasteiger partial charge in [0.05, 0.1) is 0 Å². The minimum atomic E-state index is 0.168. The number of carbonyl (C=O) groups is 1. The normalized spacial score (nSPS) is 19.1. The second-order valence-corrected chi connectivity index (χ2v) is 4.60. The zero-order valence-electron chi connectivity index (χ0n) is 9.80. The van der Waals surface area contributed by atoms with E-state index in [1.807, 2.05) is 0 Å². The number of carbonyl (C=O) groups excluding carboxylic acids is 1. The lowest BCUT2D eigenvalue weighted by atomic mass is 10.0. The highest BCUT2D eigenvalue weighted by Crippen LogP contribution is 2.28. The van der Waals surface area contributed by atoms with Crippen LogP contribution in [0.15, 0.2) is 0 Å². The van der Waals surface area contributed by atoms with Gasteiger partial charge in [-0.2, -0.15) is 0 Å². The number of nitrogens with one attached hydrogen (secondary N) is 1. The van der Waals surface area contributed by atoms with Gasteiger partial charge in [-0.3, -0.25) is 4.79 Å². The fraction of sp³-hybridized carbons (Fsp3) is 0.917. The summed E-state index contributed by atoms with van der Waals surface area (Å²) in [6, 6.07) is 0.168. The molecule has 3 heteroatoms. The quantitative estimate of drug-likeness (QED) is 0.705. The second-order valence-electron chi connectivity index (χ2n) is 4.60. The fourth-order valence-corrected chi connectivity index (χ4v) is 2.26. The van der Waals surface area contributed by atoms with Gasteiger partial charge < -0.3 is 11.1 Å². The van der Waals surface area contributed by atoms with Crippen molar-refractivity contribution in [2.24, 2.45) is 11.7 Å². The number of nitrogens with two attached hydrogens (primary N) is 1. The van der Waals surface area contributed by atoms with Crippen molar-refractivity contribution < 1.29 is 4.79 Å². The highest BCUT2D eigenvalue weighted by molar-refractivity contribution is 5.76. The van der Waals surface area contributed by atoms with E-state index < -0.39 is 0 Å². The third-order valence-electron chi connectivity index (χ3n) is 3.40. The largest absolute Gasteiger partial charge is 0.352 e. The molecule has 0 aromatic carbocycles. The molecule has 0 radical (unpaired) electrons. The van der Waals surface area contributed by atoms with Gasteiger partial charge in [-0.05, 0) is 18.8 Å². The predicted octanol–water partition coefficient (Wildman–Crippen LogP) is 1.81. The van der Waals surface area contributed by atoms with Crippen LogP contribution in [0, 0.1) is 5.92 Å². The van der Waals surface area contributed by atoms with Crippen molar-refractivity contribution >= 4 is 5.91 Å². The molecular formula is C12H24N2O. The Morgan fingerprint density at radius 1 is 1.47 bits per heavy atom. The first-order valence-electron chi connectivity index (χ1n) is 6.25. The summed E-state index contributed by atoms with van der Waals surface area (Å²) < 4.78 is 0. The molecule has 3 N–H and O–H groups in total. The minimum Gasteiger partial charge on any atom is -0.352 e. The molecule has 3 nitrogen and oxygen atoms in total. The number of hydrogen-bond donors (Lipinski definition) is 2. The first-order valence-corrected chi connectivity index (χ1v) is 6.25. The van der Waals surface area contributed by atoms with Crippen LogP contribution in [0.3, 0.4) is 0 Å². The third-order valence-corrected chi connectivity index (χ3v) is 3.40. The molecular weight excluding hydrogens is 188 g/mol. The molecule has 0 bridgehead atoms. The van der Waals surface area contributed by atoms with E-state index >= 15 is 0 Å². The molecule has 15 heavy (non-hydrogen) atoms. The van der Waals surface area contributed by atoms with E-state index in [2.05, 4.69) is 12.2 Å². The summed E-state index contributed by atoms with van der Waals surface area (Å²) in [6.07, 6.45) is 8.02. The van der Waals surface area contributed by atoms with Gasteiger partial charge in [0.1, 0.15) is 0 Å². The summed E-state index contributed by atoms with van der Waals surface area (Å²) in [7, 11) is 0. The molecule has 1 atom stereocenters. The lowest BCUT2D eigenvalue weighted by molar-refractivity contribution is -0.122. The van der Waals surface area contributed by atoms with Gasteiger partial charge in [0.15, 0.2) is 0 Å². The molecule has 0 heterocycles. The van der Waals surface area contributed by atoms with Crippen LogP contribution in [0.5, 0.6) is 0 Å². The average molecular weight is 212 g/mol. The maximum Gasteiger partial charge on any atom is 0.220 e. The molecule has 1 rings (SSSR count). The standard InChI is InChI=1S/C12H24N2O/c1-2-11(9-13)14-12(15)8-7-10-5-3-4-6-10/h10-11H,2-9,13H2,1H3,(H,14,15). The zero-order chi connectivity index (χ0) is 11.1. The first kappa shape index (κ1) is 12.5. The summed E-state index contributed by atoms with van der Waals surface area (Å²) in [6.45, 7) is 2.60. The predicted molar refractivity (Wildman–Crippen MR) is 62.5 cm³/mol. The number of rotatable bonds is 6. The van der Waals surface area contributed by atoms with E-state index in [0.29, 0.717) is 13.0 Å². The van der Waals surface area contributed by atoms with Crippen LogP contribution in [0.4, 0.5) is 0 Å². The molecule has 0 aromatic heterocycles. The van der Waals surface area contributed by atoms with Gasteiger partial charge in [0, 0.05) is 19.0 Å². The summed E-state index contributed by atoms with van der Waals surface area (Å²) in [5, 5.41) is 2.98. The second kappa shape index (κ2) is 6.83. The van der Waals surface area contributed by atoms with Crippen LogP contribution in [0.2, 0.25) is 0 Å². The Hall–Kier alpha value is -0.570. The van der Waals surface area contributed by atoms with E-state index in [-0.39, 0.29) is 11.9 Å². The Labute approximate surface area is 92.8 Å². The van der Waals surface area contributed by atoms with Crippen molar-refractivity contribution in [3.8, 4) is 0 Å². The Balaban J connectivity index is 2.11. The molecule has 0 aliphatic heterocycles. The maximum absolute atomic E-state index is 11.6. The van der Waals surface area contributed by atoms with E-state index in [9.17, 15) is 4.79 Å². The summed E-state index contributed by atoms with van der Waals surface area (Å²) >= 11 is 0. The molecule has 1 saturated carbocycles. The number of amides is 1. The zero-order valence-corrected chi connectivity index (χ0v) is 9.80. The highest BCUT2D eigenvalue weighted by atomic mass is 16.1. The smallest absolute Gasteiger partial charge is 0.220 e. The van der Waals surface area contributed by atoms with Crippen molar-refractivity contribution in [3.63, 3.8) is 0 Å². The molecule has 88 valence electrons. The Morgan fingerprint density at radius 2 is 2.13 bits per heavy atom. The number of hydrogen-bond acceptors (Lipinski definition) is 2. The van der Waals surface area contributed by atoms with E-state index in [1.54, 1.807) is 0 Å². The lowest BCUT2D eigenvalue weighted by Crippen LogP contribution is -2.39. The van der Waals surface area contributed by atoms with Gasteiger partial charge in [-0.15, -0.1) is 0 Å². The van der Waals surface area contributed by atoms with Crippen molar-refractivity contribution in [1.29, 1.82) is 0 Å². The Kier molecular flexibility index (Phi) is 5.69. The minimum absolute atomic E-state index is 0.168. The third kappa shape index (κ3) is 4.65. The summed E-state index contributed by atoms with van der Waals surface area (Å²) in [5.74, 6) is 0.980.